The lowest BCUT2D eigenvalue weighted by Gasteiger charge is -2.10. The predicted molar refractivity (Wildman–Crippen MR) is 123 cm³/mol. The second kappa shape index (κ2) is 10.8. The molecule has 6 nitrogen and oxygen atoms in total. The number of oxazole rings is 1. The summed E-state index contributed by atoms with van der Waals surface area (Å²) in [5.74, 6) is 0.981. The maximum absolute atomic E-state index is 6.00. The van der Waals surface area contributed by atoms with Gasteiger partial charge >= 0.3 is 0 Å². The van der Waals surface area contributed by atoms with Gasteiger partial charge in [0.25, 0.3) is 0 Å². The highest BCUT2D eigenvalue weighted by Gasteiger charge is 2.07. The van der Waals surface area contributed by atoms with Gasteiger partial charge in [0.2, 0.25) is 5.89 Å². The summed E-state index contributed by atoms with van der Waals surface area (Å²) in [7, 11) is 1.66. The van der Waals surface area contributed by atoms with Crippen LogP contribution in [0.5, 0.6) is 0 Å². The van der Waals surface area contributed by atoms with Crippen LogP contribution in [-0.4, -0.2) is 24.6 Å². The van der Waals surface area contributed by atoms with Gasteiger partial charge in [-0.25, -0.2) is 4.98 Å². The standard InChI is InChI=1S/C21H24N4O2.HI/c1-15-7-9-16(10-8-15)20-24-18(14-27-20)11-12-23-21(22)25-19-6-4-3-5-17(19)13-26-2;/h3-10,14H,11-13H2,1-2H3,(H3,22,23,25);1H. The van der Waals surface area contributed by atoms with Crippen LogP contribution in [0, 0.1) is 6.92 Å². The van der Waals surface area contributed by atoms with Gasteiger partial charge in [-0.1, -0.05) is 35.9 Å². The van der Waals surface area contributed by atoms with Crippen molar-refractivity contribution in [2.24, 2.45) is 10.7 Å². The Morgan fingerprint density at radius 3 is 2.68 bits per heavy atom. The van der Waals surface area contributed by atoms with E-state index in [4.69, 9.17) is 14.9 Å². The molecule has 0 saturated carbocycles. The Hall–Kier alpha value is -2.39. The Bertz CT molecular complexity index is 907. The number of aryl methyl sites for hydroxylation is 1. The predicted octanol–water partition coefficient (Wildman–Crippen LogP) is 4.38. The fourth-order valence-corrected chi connectivity index (χ4v) is 2.64. The molecule has 148 valence electrons. The smallest absolute Gasteiger partial charge is 0.226 e. The Labute approximate surface area is 182 Å². The third kappa shape index (κ3) is 6.07. The highest BCUT2D eigenvalue weighted by molar-refractivity contribution is 14.0. The normalized spacial score (nSPS) is 11.1. The number of anilines is 1. The molecule has 0 atom stereocenters. The number of benzene rings is 2. The number of halogens is 1. The summed E-state index contributed by atoms with van der Waals surface area (Å²) in [6.07, 6.45) is 2.32. The summed E-state index contributed by atoms with van der Waals surface area (Å²) in [6, 6.07) is 15.9. The van der Waals surface area contributed by atoms with Crippen LogP contribution >= 0.6 is 24.0 Å². The van der Waals surface area contributed by atoms with E-state index in [1.54, 1.807) is 13.4 Å². The molecule has 0 radical (unpaired) electrons. The molecule has 0 aliphatic heterocycles. The number of rotatable bonds is 7. The molecule has 0 aliphatic carbocycles. The number of aliphatic imine (C=N–C) groups is 1. The summed E-state index contributed by atoms with van der Waals surface area (Å²) in [5.41, 5.74) is 10.9. The van der Waals surface area contributed by atoms with Crippen molar-refractivity contribution in [1.82, 2.24) is 4.98 Å². The number of ether oxygens (including phenoxy) is 1. The lowest BCUT2D eigenvalue weighted by Crippen LogP contribution is -2.23. The first-order chi connectivity index (χ1) is 13.2. The van der Waals surface area contributed by atoms with Gasteiger partial charge < -0.3 is 20.2 Å². The second-order valence-corrected chi connectivity index (χ2v) is 6.24. The van der Waals surface area contributed by atoms with Gasteiger partial charge in [0.15, 0.2) is 5.96 Å². The van der Waals surface area contributed by atoms with E-state index in [9.17, 15) is 0 Å². The van der Waals surface area contributed by atoms with E-state index >= 15 is 0 Å². The number of methoxy groups -OCH3 is 1. The molecule has 28 heavy (non-hydrogen) atoms. The molecule has 0 spiro atoms. The average molecular weight is 492 g/mol. The van der Waals surface area contributed by atoms with Crippen molar-refractivity contribution >= 4 is 35.6 Å². The Morgan fingerprint density at radius 1 is 1.18 bits per heavy atom. The quantitative estimate of drug-likeness (QED) is 0.291. The monoisotopic (exact) mass is 492 g/mol. The largest absolute Gasteiger partial charge is 0.444 e. The van der Waals surface area contributed by atoms with Gasteiger partial charge in [-0.15, -0.1) is 24.0 Å². The number of para-hydroxylation sites is 1. The molecule has 0 aliphatic rings. The van der Waals surface area contributed by atoms with Crippen molar-refractivity contribution in [3.8, 4) is 11.5 Å². The third-order valence-corrected chi connectivity index (χ3v) is 4.08. The fourth-order valence-electron chi connectivity index (χ4n) is 2.64. The van der Waals surface area contributed by atoms with Crippen molar-refractivity contribution in [2.45, 2.75) is 20.0 Å². The molecule has 3 N–H and O–H groups in total. The van der Waals surface area contributed by atoms with E-state index in [0.717, 1.165) is 22.5 Å². The second-order valence-electron chi connectivity index (χ2n) is 6.24. The molecule has 7 heteroatoms. The molecule has 2 aromatic carbocycles. The minimum Gasteiger partial charge on any atom is -0.444 e. The Kier molecular flexibility index (Phi) is 8.46. The van der Waals surface area contributed by atoms with Gasteiger partial charge in [-0.05, 0) is 25.1 Å². The first kappa shape index (κ1) is 21.9. The molecule has 0 bridgehead atoms. The number of hydrogen-bond donors (Lipinski definition) is 2. The minimum absolute atomic E-state index is 0. The van der Waals surface area contributed by atoms with Gasteiger partial charge in [-0.2, -0.15) is 0 Å². The molecule has 0 unspecified atom stereocenters. The maximum atomic E-state index is 6.00. The van der Waals surface area contributed by atoms with E-state index in [2.05, 4.69) is 22.2 Å². The van der Waals surface area contributed by atoms with Gasteiger partial charge in [0.1, 0.15) is 6.26 Å². The van der Waals surface area contributed by atoms with Crippen LogP contribution in [0.1, 0.15) is 16.8 Å². The van der Waals surface area contributed by atoms with E-state index in [0.29, 0.717) is 31.4 Å². The van der Waals surface area contributed by atoms with Crippen LogP contribution in [-0.2, 0) is 17.8 Å². The summed E-state index contributed by atoms with van der Waals surface area (Å²) < 4.78 is 10.8. The van der Waals surface area contributed by atoms with Gasteiger partial charge in [-0.3, -0.25) is 4.99 Å². The first-order valence-corrected chi connectivity index (χ1v) is 8.81. The molecule has 0 saturated heterocycles. The van der Waals surface area contributed by atoms with Crippen molar-refractivity contribution in [3.05, 3.63) is 71.6 Å². The first-order valence-electron chi connectivity index (χ1n) is 8.81. The van der Waals surface area contributed by atoms with Crippen LogP contribution in [0.25, 0.3) is 11.5 Å². The number of nitrogens with one attached hydrogen (secondary N) is 1. The van der Waals surface area contributed by atoms with Crippen LogP contribution in [0.2, 0.25) is 0 Å². The molecule has 0 amide bonds. The van der Waals surface area contributed by atoms with Gasteiger partial charge in [0, 0.05) is 36.9 Å². The zero-order valence-corrected chi connectivity index (χ0v) is 18.3. The highest BCUT2D eigenvalue weighted by atomic mass is 127. The van der Waals surface area contributed by atoms with E-state index in [1.807, 2.05) is 48.5 Å². The SMILES string of the molecule is COCc1ccccc1NC(N)=NCCc1coc(-c2ccc(C)cc2)n1.I. The minimum atomic E-state index is 0. The summed E-state index contributed by atoms with van der Waals surface area (Å²) in [4.78, 5) is 8.89. The lowest BCUT2D eigenvalue weighted by atomic mass is 10.1. The van der Waals surface area contributed by atoms with E-state index in [-0.39, 0.29) is 24.0 Å². The van der Waals surface area contributed by atoms with Crippen molar-refractivity contribution < 1.29 is 9.15 Å². The molecule has 3 rings (SSSR count). The Morgan fingerprint density at radius 2 is 1.93 bits per heavy atom. The topological polar surface area (TPSA) is 85.7 Å². The maximum Gasteiger partial charge on any atom is 0.226 e. The van der Waals surface area contributed by atoms with Crippen molar-refractivity contribution in [1.29, 1.82) is 0 Å². The van der Waals surface area contributed by atoms with Crippen molar-refractivity contribution in [2.75, 3.05) is 19.0 Å². The van der Waals surface area contributed by atoms with E-state index < -0.39 is 0 Å². The molecule has 3 aromatic rings. The van der Waals surface area contributed by atoms with Crippen LogP contribution in [0.4, 0.5) is 5.69 Å². The van der Waals surface area contributed by atoms with Crippen LogP contribution < -0.4 is 11.1 Å². The van der Waals surface area contributed by atoms with E-state index in [1.165, 1.54) is 5.56 Å². The summed E-state index contributed by atoms with van der Waals surface area (Å²) >= 11 is 0. The zero-order chi connectivity index (χ0) is 19.1. The fraction of sp³-hybridized carbons (Fsp3) is 0.238. The molecule has 1 heterocycles. The van der Waals surface area contributed by atoms with Crippen molar-refractivity contribution in [3.63, 3.8) is 0 Å². The van der Waals surface area contributed by atoms with Gasteiger partial charge in [0.05, 0.1) is 12.3 Å². The molecular formula is C21H25IN4O2. The summed E-state index contributed by atoms with van der Waals surface area (Å²) in [6.45, 7) is 3.08. The zero-order valence-electron chi connectivity index (χ0n) is 16.0. The average Bonchev–Trinajstić information content (AvgIpc) is 3.13. The number of nitrogens with two attached hydrogens (primary N) is 1. The number of hydrogen-bond acceptors (Lipinski definition) is 4. The number of guanidine groups is 1. The van der Waals surface area contributed by atoms with Crippen LogP contribution in [0.15, 0.2) is 64.2 Å². The number of aromatic nitrogens is 1. The molecule has 1 aromatic heterocycles. The third-order valence-electron chi connectivity index (χ3n) is 4.08. The molecule has 0 fully saturated rings. The summed E-state index contributed by atoms with van der Waals surface area (Å²) in [5, 5.41) is 3.12. The van der Waals surface area contributed by atoms with Crippen LogP contribution in [0.3, 0.4) is 0 Å². The molecular weight excluding hydrogens is 467 g/mol. The lowest BCUT2D eigenvalue weighted by molar-refractivity contribution is 0.185. The highest BCUT2D eigenvalue weighted by Crippen LogP contribution is 2.19. The number of nitrogens with zero attached hydrogens (tertiary/aromatic N) is 2. The Balaban J connectivity index is 0.00000280.